The van der Waals surface area contributed by atoms with Crippen molar-refractivity contribution in [2.24, 2.45) is 0 Å². The van der Waals surface area contributed by atoms with Crippen LogP contribution in [0.25, 0.3) is 22.3 Å². The SMILES string of the molecule is C[CH2][Ge](=[Hf+2])[CH2]C.[Cl-].[Cl-].[c-]1cccc2c1Cc1ccccc1-2.[c-]1cccc2c1Cc1ccccc1-2. The molecule has 0 atom stereocenters. The third-order valence-corrected chi connectivity index (χ3v) is 22.9. The smallest absolute Gasteiger partial charge is 0.0253 e. The largest absolute Gasteiger partial charge is 1.00 e. The summed E-state index contributed by atoms with van der Waals surface area (Å²) >= 11 is 1.56. The van der Waals surface area contributed by atoms with Crippen LogP contribution >= 0.6 is 0 Å². The molecule has 4 aromatic rings. The van der Waals surface area contributed by atoms with Gasteiger partial charge in [0.15, 0.2) is 0 Å². The van der Waals surface area contributed by atoms with Gasteiger partial charge in [0.2, 0.25) is 0 Å². The van der Waals surface area contributed by atoms with Gasteiger partial charge >= 0.3 is 55.7 Å². The number of halogens is 2. The van der Waals surface area contributed by atoms with Crippen molar-refractivity contribution >= 4 is 10.1 Å². The molecule has 0 bridgehead atoms. The van der Waals surface area contributed by atoms with Crippen LogP contribution in [0.5, 0.6) is 0 Å². The first kappa shape index (κ1) is 29.1. The van der Waals surface area contributed by atoms with Gasteiger partial charge in [0.1, 0.15) is 0 Å². The Morgan fingerprint density at radius 1 is 0.618 bits per heavy atom. The Balaban J connectivity index is 0.000000187. The van der Waals surface area contributed by atoms with Crippen LogP contribution in [0.15, 0.2) is 84.9 Å². The molecular weight excluding hydrogens is 682 g/mol. The maximum atomic E-state index is 3.30. The molecule has 0 amide bonds. The fraction of sp³-hybridized carbons (Fsp3) is 0.200. The average Bonchev–Trinajstić information content (AvgIpc) is 3.43. The van der Waals surface area contributed by atoms with Gasteiger partial charge < -0.3 is 24.8 Å². The summed E-state index contributed by atoms with van der Waals surface area (Å²) in [6, 6.07) is 36.2. The van der Waals surface area contributed by atoms with E-state index in [1.54, 1.807) is 31.8 Å². The van der Waals surface area contributed by atoms with Crippen LogP contribution in [0, 0.1) is 12.1 Å². The maximum Gasteiger partial charge on any atom is -0.0253 e. The summed E-state index contributed by atoms with van der Waals surface area (Å²) in [5.41, 5.74) is 11.0. The van der Waals surface area contributed by atoms with Crippen LogP contribution in [0.4, 0.5) is 0 Å². The molecular formula is C30H28Cl2GeHf-2. The second-order valence-electron chi connectivity index (χ2n) is 8.10. The van der Waals surface area contributed by atoms with E-state index in [2.05, 4.69) is 98.8 Å². The Kier molecular flexibility index (Phi) is 12.4. The molecule has 0 aromatic heterocycles. The van der Waals surface area contributed by atoms with Crippen LogP contribution in [-0.4, -0.2) is 10.1 Å². The molecule has 0 unspecified atom stereocenters. The van der Waals surface area contributed by atoms with Crippen molar-refractivity contribution in [2.45, 2.75) is 37.2 Å². The van der Waals surface area contributed by atoms with E-state index in [9.17, 15) is 0 Å². The molecule has 172 valence electrons. The van der Waals surface area contributed by atoms with Gasteiger partial charge in [-0.25, -0.2) is 0 Å². The zero-order chi connectivity index (χ0) is 22.3. The Morgan fingerprint density at radius 3 is 1.38 bits per heavy atom. The maximum absolute atomic E-state index is 3.30. The van der Waals surface area contributed by atoms with Gasteiger partial charge in [-0.2, -0.15) is 59.7 Å². The first-order valence-electron chi connectivity index (χ1n) is 11.4. The van der Waals surface area contributed by atoms with Crippen molar-refractivity contribution in [3.63, 3.8) is 0 Å². The molecule has 0 nitrogen and oxygen atoms in total. The first-order chi connectivity index (χ1) is 15.7. The summed E-state index contributed by atoms with van der Waals surface area (Å²) in [7, 11) is -0.241. The van der Waals surface area contributed by atoms with Gasteiger partial charge in [0, 0.05) is 0 Å². The minimum absolute atomic E-state index is 0. The molecule has 2 aliphatic rings. The molecule has 0 radical (unpaired) electrons. The molecule has 0 N–H and O–H groups in total. The predicted octanol–water partition coefficient (Wildman–Crippen LogP) is 1.69. The second kappa shape index (κ2) is 14.4. The Bertz CT molecular complexity index is 1050. The van der Waals surface area contributed by atoms with Crippen molar-refractivity contribution in [3.8, 4) is 22.3 Å². The second-order valence-corrected chi connectivity index (χ2v) is 26.8. The predicted molar refractivity (Wildman–Crippen MR) is 134 cm³/mol. The summed E-state index contributed by atoms with van der Waals surface area (Å²) in [5.74, 6) is 0. The summed E-state index contributed by atoms with van der Waals surface area (Å²) in [5, 5.41) is 3.12. The van der Waals surface area contributed by atoms with Crippen molar-refractivity contribution in [1.29, 1.82) is 0 Å². The quantitative estimate of drug-likeness (QED) is 0.190. The molecule has 6 rings (SSSR count). The van der Waals surface area contributed by atoms with Crippen molar-refractivity contribution in [1.82, 2.24) is 0 Å². The normalized spacial score (nSPS) is 10.9. The van der Waals surface area contributed by atoms with E-state index in [-0.39, 0.29) is 34.9 Å². The van der Waals surface area contributed by atoms with Crippen LogP contribution in [0.3, 0.4) is 0 Å². The van der Waals surface area contributed by atoms with E-state index >= 15 is 0 Å². The average molecular weight is 711 g/mol. The van der Waals surface area contributed by atoms with E-state index in [1.807, 2.05) is 12.1 Å². The fourth-order valence-electron chi connectivity index (χ4n) is 4.25. The third kappa shape index (κ3) is 6.97. The van der Waals surface area contributed by atoms with Crippen molar-refractivity contribution in [2.75, 3.05) is 0 Å². The molecule has 34 heavy (non-hydrogen) atoms. The monoisotopic (exact) mass is 712 g/mol. The Morgan fingerprint density at radius 2 is 1.00 bits per heavy atom. The molecule has 2 aliphatic carbocycles. The molecule has 0 saturated heterocycles. The summed E-state index contributed by atoms with van der Waals surface area (Å²) in [6.45, 7) is 4.68. The van der Waals surface area contributed by atoms with Crippen LogP contribution in [0.2, 0.25) is 10.5 Å². The van der Waals surface area contributed by atoms with Gasteiger partial charge in [-0.15, -0.1) is 11.1 Å². The van der Waals surface area contributed by atoms with Gasteiger partial charge in [-0.3, -0.25) is 0 Å². The zero-order valence-corrected chi connectivity index (χ0v) is 26.9. The fourth-order valence-corrected chi connectivity index (χ4v) is 5.29. The number of benzene rings is 4. The zero-order valence-electron chi connectivity index (χ0n) is 19.7. The Hall–Kier alpha value is -1.13. The van der Waals surface area contributed by atoms with E-state index in [0.717, 1.165) is 12.8 Å². The van der Waals surface area contributed by atoms with E-state index in [0.29, 0.717) is 0 Å². The van der Waals surface area contributed by atoms with E-state index < -0.39 is 0 Å². The van der Waals surface area contributed by atoms with Crippen molar-refractivity contribution < 1.29 is 46.1 Å². The molecule has 0 saturated carbocycles. The van der Waals surface area contributed by atoms with Crippen molar-refractivity contribution in [3.05, 3.63) is 119 Å². The Labute approximate surface area is 233 Å². The van der Waals surface area contributed by atoms with Gasteiger partial charge in [0.05, 0.1) is 0 Å². The third-order valence-electron chi connectivity index (χ3n) is 6.09. The molecule has 0 heterocycles. The van der Waals surface area contributed by atoms with Gasteiger partial charge in [-0.1, -0.05) is 70.8 Å². The van der Waals surface area contributed by atoms with Crippen LogP contribution < -0.4 is 24.8 Å². The molecule has 0 fully saturated rings. The van der Waals surface area contributed by atoms with E-state index in [4.69, 9.17) is 0 Å². The van der Waals surface area contributed by atoms with Crippen LogP contribution in [-0.2, 0) is 34.1 Å². The molecule has 4 heteroatoms. The number of rotatable bonds is 2. The molecule has 4 aromatic carbocycles. The number of hydrogen-bond donors (Lipinski definition) is 0. The minimum atomic E-state index is -0.241. The van der Waals surface area contributed by atoms with Gasteiger partial charge in [0.25, 0.3) is 0 Å². The van der Waals surface area contributed by atoms with Crippen LogP contribution in [0.1, 0.15) is 36.1 Å². The van der Waals surface area contributed by atoms with E-state index in [1.165, 1.54) is 44.5 Å². The number of hydrogen-bond acceptors (Lipinski definition) is 0. The molecule has 0 aliphatic heterocycles. The first-order valence-corrected chi connectivity index (χ1v) is 24.8. The summed E-state index contributed by atoms with van der Waals surface area (Å²) < 4.78 is 0. The topological polar surface area (TPSA) is 0 Å². The molecule has 0 spiro atoms. The van der Waals surface area contributed by atoms with Gasteiger partial charge in [-0.05, 0) is 12.8 Å². The minimum Gasteiger partial charge on any atom is -1.00 e. The summed E-state index contributed by atoms with van der Waals surface area (Å²) in [6.07, 6.45) is 2.10. The standard InChI is InChI=1S/2C13H9.C4H10Ge.2ClH.Hf/c2*1-3-7-12-10(5-1)9-11-6-2-4-8-13(11)12;1-3-5-4-2;;;/h2*1-5,7-8H,9H2;3-4H2,1-2H3;2*1H;/q2*-1;;;;+2/p-2. The number of fused-ring (bicyclic) bond motifs is 6. The summed E-state index contributed by atoms with van der Waals surface area (Å²) in [4.78, 5) is 0.